The minimum atomic E-state index is -0.633. The maximum atomic E-state index is 13.9. The van der Waals surface area contributed by atoms with Crippen LogP contribution in [0.3, 0.4) is 0 Å². The number of hydrogen-bond donors (Lipinski definition) is 1. The molecule has 4 aromatic rings. The fourth-order valence-corrected chi connectivity index (χ4v) is 5.64. The number of aryl methyl sites for hydroxylation is 1. The number of carbonyl (C=O) groups excluding carboxylic acids is 1. The van der Waals surface area contributed by atoms with E-state index in [1.54, 1.807) is 11.7 Å². The number of methoxy groups -OCH3 is 1. The summed E-state index contributed by atoms with van der Waals surface area (Å²) in [6.45, 7) is 5.89. The Bertz CT molecular complexity index is 1710. The molecule has 0 aliphatic carbocycles. The number of carbonyl (C=O) groups is 1. The molecule has 0 fully saturated rings. The van der Waals surface area contributed by atoms with Crippen LogP contribution in [0.25, 0.3) is 6.08 Å². The van der Waals surface area contributed by atoms with Crippen LogP contribution < -0.4 is 24.9 Å². The van der Waals surface area contributed by atoms with Gasteiger partial charge in [0, 0.05) is 24.1 Å². The Morgan fingerprint density at radius 1 is 1.08 bits per heavy atom. The van der Waals surface area contributed by atoms with Crippen LogP contribution in [0.4, 0.5) is 5.69 Å². The molecule has 2 aromatic heterocycles. The second-order valence-electron chi connectivity index (χ2n) is 9.06. The topological polar surface area (TPSA) is 77.6 Å². The summed E-state index contributed by atoms with van der Waals surface area (Å²) in [6.07, 6.45) is 1.92. The van der Waals surface area contributed by atoms with Gasteiger partial charge in [-0.1, -0.05) is 41.7 Å². The molecule has 1 aliphatic heterocycles. The quantitative estimate of drug-likeness (QED) is 0.442. The summed E-state index contributed by atoms with van der Waals surface area (Å²) in [5.41, 5.74) is 5.49. The van der Waals surface area contributed by atoms with E-state index < -0.39 is 6.04 Å². The molecule has 7 nitrogen and oxygen atoms in total. The Hall–Kier alpha value is -4.17. The summed E-state index contributed by atoms with van der Waals surface area (Å²) in [5.74, 6) is 0.402. The average molecular weight is 513 g/mol. The number of nitrogens with one attached hydrogen (secondary N) is 1. The number of allylic oxidation sites excluding steroid dienone is 1. The molecule has 0 radical (unpaired) electrons. The van der Waals surface area contributed by atoms with Crippen LogP contribution in [0.1, 0.15) is 35.5 Å². The van der Waals surface area contributed by atoms with Crippen LogP contribution >= 0.6 is 11.3 Å². The number of aromatic nitrogens is 2. The van der Waals surface area contributed by atoms with Crippen LogP contribution in [0.15, 0.2) is 81.7 Å². The van der Waals surface area contributed by atoms with Gasteiger partial charge < -0.3 is 14.6 Å². The summed E-state index contributed by atoms with van der Waals surface area (Å²) in [6, 6.07) is 18.2. The van der Waals surface area contributed by atoms with Gasteiger partial charge in [-0.3, -0.25) is 14.2 Å². The SMILES string of the molecule is COc1ccc([C@H]2C(C(=O)Nc3ccccc3)=C(C)N=c3s/c(=C/c4cc(C)n(C)c4C)c(=O)n32)cc1. The lowest BCUT2D eigenvalue weighted by atomic mass is 9.95. The number of benzene rings is 2. The van der Waals surface area contributed by atoms with Crippen molar-refractivity contribution in [2.75, 3.05) is 12.4 Å². The predicted molar refractivity (Wildman–Crippen MR) is 147 cm³/mol. The van der Waals surface area contributed by atoms with Gasteiger partial charge in [-0.05, 0) is 68.3 Å². The minimum Gasteiger partial charge on any atom is -0.497 e. The standard InChI is InChI=1S/C29H28N4O3S/c1-17-15-21(19(3)32(17)4)16-24-28(35)33-26(20-11-13-23(36-5)14-12-20)25(18(2)30-29(33)37-24)27(34)31-22-9-7-6-8-10-22/h6-16,26H,1-5H3,(H,31,34)/b24-16+/t26-/m0/s1. The largest absolute Gasteiger partial charge is 0.497 e. The lowest BCUT2D eigenvalue weighted by Gasteiger charge is -2.25. The highest BCUT2D eigenvalue weighted by Crippen LogP contribution is 2.31. The fourth-order valence-electron chi connectivity index (χ4n) is 4.61. The van der Waals surface area contributed by atoms with Gasteiger partial charge in [-0.25, -0.2) is 4.99 Å². The molecule has 3 heterocycles. The molecular weight excluding hydrogens is 484 g/mol. The molecule has 188 valence electrons. The lowest BCUT2D eigenvalue weighted by molar-refractivity contribution is -0.113. The highest BCUT2D eigenvalue weighted by molar-refractivity contribution is 7.07. The van der Waals surface area contributed by atoms with Gasteiger partial charge in [0.2, 0.25) is 0 Å². The third kappa shape index (κ3) is 4.44. The molecule has 8 heteroatoms. The van der Waals surface area contributed by atoms with Gasteiger partial charge in [-0.15, -0.1) is 0 Å². The van der Waals surface area contributed by atoms with E-state index in [2.05, 4.69) is 16.0 Å². The third-order valence-corrected chi connectivity index (χ3v) is 7.81. The molecule has 0 unspecified atom stereocenters. The van der Waals surface area contributed by atoms with Crippen molar-refractivity contribution in [3.8, 4) is 5.75 Å². The van der Waals surface area contributed by atoms with E-state index in [0.29, 0.717) is 32.0 Å². The monoisotopic (exact) mass is 512 g/mol. The van der Waals surface area contributed by atoms with Crippen molar-refractivity contribution in [2.24, 2.45) is 12.0 Å². The number of fused-ring (bicyclic) bond motifs is 1. The molecule has 1 amide bonds. The number of hydrogen-bond acceptors (Lipinski definition) is 5. The van der Waals surface area contributed by atoms with Crippen LogP contribution in [-0.2, 0) is 11.8 Å². The Labute approximate surface area is 218 Å². The molecule has 0 saturated carbocycles. The number of ether oxygens (including phenoxy) is 1. The first-order valence-corrected chi connectivity index (χ1v) is 12.8. The van der Waals surface area contributed by atoms with Crippen molar-refractivity contribution in [3.63, 3.8) is 0 Å². The average Bonchev–Trinajstić information content (AvgIpc) is 3.33. The van der Waals surface area contributed by atoms with Gasteiger partial charge in [0.05, 0.1) is 29.0 Å². The molecule has 5 rings (SSSR count). The van der Waals surface area contributed by atoms with E-state index >= 15 is 0 Å². The summed E-state index contributed by atoms with van der Waals surface area (Å²) in [7, 11) is 3.61. The molecule has 0 spiro atoms. The first-order valence-electron chi connectivity index (χ1n) is 11.9. The zero-order valence-corrected chi connectivity index (χ0v) is 22.2. The number of thiazole rings is 1. The van der Waals surface area contributed by atoms with Gasteiger partial charge in [0.25, 0.3) is 11.5 Å². The smallest absolute Gasteiger partial charge is 0.271 e. The van der Waals surface area contributed by atoms with E-state index in [0.717, 1.165) is 22.5 Å². The zero-order chi connectivity index (χ0) is 26.3. The molecule has 2 aromatic carbocycles. The Morgan fingerprint density at radius 3 is 2.41 bits per heavy atom. The second kappa shape index (κ2) is 9.71. The summed E-state index contributed by atoms with van der Waals surface area (Å²) in [4.78, 5) is 32.8. The Morgan fingerprint density at radius 2 is 1.78 bits per heavy atom. The first kappa shape index (κ1) is 24.5. The van der Waals surface area contributed by atoms with Crippen molar-refractivity contribution in [1.82, 2.24) is 9.13 Å². The molecule has 0 saturated heterocycles. The van der Waals surface area contributed by atoms with Crippen LogP contribution in [0.2, 0.25) is 0 Å². The van der Waals surface area contributed by atoms with E-state index in [4.69, 9.17) is 9.73 Å². The van der Waals surface area contributed by atoms with Crippen molar-refractivity contribution in [3.05, 3.63) is 114 Å². The second-order valence-corrected chi connectivity index (χ2v) is 10.1. The van der Waals surface area contributed by atoms with E-state index in [1.807, 2.05) is 88.5 Å². The summed E-state index contributed by atoms with van der Waals surface area (Å²) >= 11 is 1.34. The zero-order valence-electron chi connectivity index (χ0n) is 21.4. The lowest BCUT2D eigenvalue weighted by Crippen LogP contribution is -2.40. The number of rotatable bonds is 5. The van der Waals surface area contributed by atoms with Crippen LogP contribution in [-0.4, -0.2) is 22.2 Å². The van der Waals surface area contributed by atoms with Gasteiger partial charge in [0.1, 0.15) is 5.75 Å². The highest BCUT2D eigenvalue weighted by Gasteiger charge is 2.32. The normalized spacial score (nSPS) is 15.4. The van der Waals surface area contributed by atoms with Crippen LogP contribution in [0, 0.1) is 13.8 Å². The number of anilines is 1. The van der Waals surface area contributed by atoms with Crippen molar-refractivity contribution in [2.45, 2.75) is 26.8 Å². The maximum Gasteiger partial charge on any atom is 0.271 e. The highest BCUT2D eigenvalue weighted by atomic mass is 32.1. The van der Waals surface area contributed by atoms with Crippen LogP contribution in [0.5, 0.6) is 5.75 Å². The maximum absolute atomic E-state index is 13.9. The minimum absolute atomic E-state index is 0.178. The van der Waals surface area contributed by atoms with E-state index in [9.17, 15) is 9.59 Å². The van der Waals surface area contributed by atoms with Gasteiger partial charge in [-0.2, -0.15) is 0 Å². The molecule has 1 aliphatic rings. The molecule has 1 N–H and O–H groups in total. The van der Waals surface area contributed by atoms with E-state index in [1.165, 1.54) is 11.3 Å². The molecule has 0 bridgehead atoms. The summed E-state index contributed by atoms with van der Waals surface area (Å²) < 4.78 is 9.64. The molecule has 37 heavy (non-hydrogen) atoms. The van der Waals surface area contributed by atoms with Crippen molar-refractivity contribution in [1.29, 1.82) is 0 Å². The van der Waals surface area contributed by atoms with Crippen molar-refractivity contribution >= 4 is 29.0 Å². The fraction of sp³-hybridized carbons (Fsp3) is 0.207. The first-order chi connectivity index (χ1) is 17.8. The van der Waals surface area contributed by atoms with Gasteiger partial charge in [0.15, 0.2) is 4.80 Å². The van der Waals surface area contributed by atoms with Gasteiger partial charge >= 0.3 is 0 Å². The van der Waals surface area contributed by atoms with Crippen molar-refractivity contribution < 1.29 is 9.53 Å². The molecular formula is C29H28N4O3S. The Kier molecular flexibility index (Phi) is 6.43. The Balaban J connectivity index is 1.69. The van der Waals surface area contributed by atoms with E-state index in [-0.39, 0.29) is 11.5 Å². The number of nitrogens with zero attached hydrogens (tertiary/aromatic N) is 3. The number of amides is 1. The predicted octanol–water partition coefficient (Wildman–Crippen LogP) is 3.84. The number of para-hydroxylation sites is 1. The molecule has 1 atom stereocenters. The third-order valence-electron chi connectivity index (χ3n) is 6.83. The summed E-state index contributed by atoms with van der Waals surface area (Å²) in [5, 5.41) is 2.97.